The number of hydrogen-bond donors (Lipinski definition) is 0. The maximum atomic E-state index is 12.6. The highest BCUT2D eigenvalue weighted by Gasteiger charge is 2.37. The molecule has 0 unspecified atom stereocenters. The molecule has 1 aliphatic rings. The number of carbonyl (C=O) groups is 3. The maximum absolute atomic E-state index is 12.6. The van der Waals surface area contributed by atoms with Gasteiger partial charge in [0.2, 0.25) is 5.91 Å². The lowest BCUT2D eigenvalue weighted by Gasteiger charge is -2.20. The van der Waals surface area contributed by atoms with Crippen molar-refractivity contribution >= 4 is 17.9 Å². The minimum absolute atomic E-state index is 0.0693. The smallest absolute Gasteiger partial charge is 0.417 e. The van der Waals surface area contributed by atoms with Crippen LogP contribution < -0.4 is 0 Å². The van der Waals surface area contributed by atoms with E-state index >= 15 is 0 Å². The van der Waals surface area contributed by atoms with Gasteiger partial charge in [0.05, 0.1) is 0 Å². The third-order valence-electron chi connectivity index (χ3n) is 5.68. The van der Waals surface area contributed by atoms with Crippen molar-refractivity contribution in [2.45, 2.75) is 52.5 Å². The van der Waals surface area contributed by atoms with Crippen LogP contribution in [-0.4, -0.2) is 47.9 Å². The van der Waals surface area contributed by atoms with E-state index in [4.69, 9.17) is 4.74 Å². The van der Waals surface area contributed by atoms with Crippen LogP contribution in [-0.2, 0) is 14.3 Å². The lowest BCUT2D eigenvalue weighted by Crippen LogP contribution is -2.32. The van der Waals surface area contributed by atoms with E-state index in [0.717, 1.165) is 37.8 Å². The van der Waals surface area contributed by atoms with Gasteiger partial charge in [-0.15, -0.1) is 0 Å². The van der Waals surface area contributed by atoms with Crippen molar-refractivity contribution in [2.75, 3.05) is 20.2 Å². The molecule has 1 fully saturated rings. The number of hydrogen-bond acceptors (Lipinski definition) is 4. The quantitative estimate of drug-likeness (QED) is 0.415. The number of ether oxygens (including phenoxy) is 1. The van der Waals surface area contributed by atoms with E-state index in [-0.39, 0.29) is 36.3 Å². The molecule has 0 N–H and O–H groups in total. The van der Waals surface area contributed by atoms with Crippen LogP contribution in [0.4, 0.5) is 4.79 Å². The fourth-order valence-corrected chi connectivity index (χ4v) is 3.49. The summed E-state index contributed by atoms with van der Waals surface area (Å²) in [5.74, 6) is 0.122. The number of cyclic esters (lactones) is 1. The molecule has 3 amide bonds. The van der Waals surface area contributed by atoms with Gasteiger partial charge in [-0.1, -0.05) is 63.6 Å². The number of imide groups is 1. The topological polar surface area (TPSA) is 66.9 Å². The van der Waals surface area contributed by atoms with Gasteiger partial charge < -0.3 is 9.64 Å². The number of carbonyl (C=O) groups excluding carboxylic acids is 3. The number of nitrogens with zero attached hydrogens (tertiary/aromatic N) is 2. The number of allylic oxidation sites excluding steroid dienone is 1. The lowest BCUT2D eigenvalue weighted by molar-refractivity contribution is -0.133. The first-order valence-electron chi connectivity index (χ1n) is 10.8. The molecule has 6 nitrogen and oxygen atoms in total. The molecule has 1 aromatic rings. The zero-order chi connectivity index (χ0) is 22.1. The monoisotopic (exact) mass is 414 g/mol. The van der Waals surface area contributed by atoms with Crippen LogP contribution in [0.1, 0.15) is 58.1 Å². The highest BCUT2D eigenvalue weighted by Crippen LogP contribution is 2.28. The Balaban J connectivity index is 1.80. The SMILES string of the molecule is CC[C@@H](C)C(=O)N(C)CCCC[C@H](C)/C=C/C(=O)N1C(=O)OC[C@H]1c1ccccc1. The second kappa shape index (κ2) is 11.5. The van der Waals surface area contributed by atoms with Gasteiger partial charge in [-0.2, -0.15) is 0 Å². The van der Waals surface area contributed by atoms with Gasteiger partial charge in [-0.25, -0.2) is 9.69 Å². The maximum Gasteiger partial charge on any atom is 0.417 e. The van der Waals surface area contributed by atoms with Gasteiger partial charge in [0.25, 0.3) is 5.91 Å². The number of unbranched alkanes of at least 4 members (excludes halogenated alkanes) is 1. The first kappa shape index (κ1) is 23.6. The largest absolute Gasteiger partial charge is 0.446 e. The molecule has 3 atom stereocenters. The predicted octanol–water partition coefficient (Wildman–Crippen LogP) is 4.57. The van der Waals surface area contributed by atoms with Gasteiger partial charge >= 0.3 is 6.09 Å². The fourth-order valence-electron chi connectivity index (χ4n) is 3.49. The summed E-state index contributed by atoms with van der Waals surface area (Å²) in [5, 5.41) is 0. The average Bonchev–Trinajstić information content (AvgIpc) is 3.15. The van der Waals surface area contributed by atoms with Crippen LogP contribution in [0, 0.1) is 11.8 Å². The molecule has 0 radical (unpaired) electrons. The minimum Gasteiger partial charge on any atom is -0.446 e. The molecule has 2 rings (SSSR count). The van der Waals surface area contributed by atoms with E-state index in [9.17, 15) is 14.4 Å². The van der Waals surface area contributed by atoms with E-state index in [1.54, 1.807) is 4.90 Å². The summed E-state index contributed by atoms with van der Waals surface area (Å²) in [4.78, 5) is 39.8. The van der Waals surface area contributed by atoms with Gasteiger partial charge in [0.15, 0.2) is 0 Å². The zero-order valence-corrected chi connectivity index (χ0v) is 18.5. The van der Waals surface area contributed by atoms with Crippen molar-refractivity contribution in [1.29, 1.82) is 0 Å². The van der Waals surface area contributed by atoms with Crippen molar-refractivity contribution in [3.05, 3.63) is 48.0 Å². The van der Waals surface area contributed by atoms with Crippen molar-refractivity contribution < 1.29 is 19.1 Å². The lowest BCUT2D eigenvalue weighted by atomic mass is 10.0. The van der Waals surface area contributed by atoms with E-state index in [1.165, 1.54) is 11.0 Å². The van der Waals surface area contributed by atoms with Gasteiger partial charge in [-0.3, -0.25) is 9.59 Å². The highest BCUT2D eigenvalue weighted by atomic mass is 16.6. The molecule has 1 aliphatic heterocycles. The summed E-state index contributed by atoms with van der Waals surface area (Å²) >= 11 is 0. The Morgan fingerprint density at radius 3 is 2.60 bits per heavy atom. The molecule has 164 valence electrons. The van der Waals surface area contributed by atoms with Crippen molar-refractivity contribution in [3.8, 4) is 0 Å². The molecule has 6 heteroatoms. The van der Waals surface area contributed by atoms with Gasteiger partial charge in [0.1, 0.15) is 12.6 Å². The summed E-state index contributed by atoms with van der Waals surface area (Å²) in [6.07, 6.45) is 6.40. The minimum atomic E-state index is -0.597. The molecule has 0 aromatic heterocycles. The van der Waals surface area contributed by atoms with E-state index in [1.807, 2.05) is 57.3 Å². The predicted molar refractivity (Wildman–Crippen MR) is 117 cm³/mol. The Morgan fingerprint density at radius 1 is 1.23 bits per heavy atom. The molecule has 1 aromatic carbocycles. The zero-order valence-electron chi connectivity index (χ0n) is 18.5. The van der Waals surface area contributed by atoms with Crippen molar-refractivity contribution in [2.24, 2.45) is 11.8 Å². The Hall–Kier alpha value is -2.63. The number of rotatable bonds is 10. The van der Waals surface area contributed by atoms with E-state index < -0.39 is 6.09 Å². The van der Waals surface area contributed by atoms with Crippen LogP contribution >= 0.6 is 0 Å². The molecule has 1 saturated heterocycles. The first-order valence-corrected chi connectivity index (χ1v) is 10.8. The van der Waals surface area contributed by atoms with Crippen LogP contribution in [0.5, 0.6) is 0 Å². The Labute approximate surface area is 179 Å². The van der Waals surface area contributed by atoms with Crippen LogP contribution in [0.2, 0.25) is 0 Å². The molecule has 0 bridgehead atoms. The standard InChI is InChI=1S/C24H34N2O4/c1-5-19(3)23(28)25(4)16-10-9-11-18(2)14-15-22(27)26-21(17-30-24(26)29)20-12-7-6-8-13-20/h6-8,12-15,18-19,21H,5,9-11,16-17H2,1-4H3/b15-14+/t18-,19+,21-/m0/s1. The second-order valence-electron chi connectivity index (χ2n) is 8.11. The van der Waals surface area contributed by atoms with E-state index in [2.05, 4.69) is 6.92 Å². The summed E-state index contributed by atoms with van der Waals surface area (Å²) < 4.78 is 5.11. The molecule has 0 aliphatic carbocycles. The molecular weight excluding hydrogens is 380 g/mol. The van der Waals surface area contributed by atoms with Crippen molar-refractivity contribution in [3.63, 3.8) is 0 Å². The number of amides is 3. The highest BCUT2D eigenvalue weighted by molar-refractivity contribution is 5.99. The third-order valence-corrected chi connectivity index (χ3v) is 5.68. The second-order valence-corrected chi connectivity index (χ2v) is 8.11. The van der Waals surface area contributed by atoms with Gasteiger partial charge in [-0.05, 0) is 36.8 Å². The van der Waals surface area contributed by atoms with Crippen LogP contribution in [0.3, 0.4) is 0 Å². The third kappa shape index (κ3) is 6.44. The normalized spacial score (nSPS) is 18.3. The summed E-state index contributed by atoms with van der Waals surface area (Å²) in [6, 6.07) is 9.06. The average molecular weight is 415 g/mol. The van der Waals surface area contributed by atoms with E-state index in [0.29, 0.717) is 0 Å². The molecule has 0 saturated carbocycles. The number of benzene rings is 1. The Morgan fingerprint density at radius 2 is 1.93 bits per heavy atom. The van der Waals surface area contributed by atoms with Crippen LogP contribution in [0.25, 0.3) is 0 Å². The summed E-state index contributed by atoms with van der Waals surface area (Å²) in [6.45, 7) is 6.96. The van der Waals surface area contributed by atoms with Gasteiger partial charge in [0, 0.05) is 19.5 Å². The van der Waals surface area contributed by atoms with Crippen LogP contribution in [0.15, 0.2) is 42.5 Å². The molecule has 1 heterocycles. The first-order chi connectivity index (χ1) is 14.3. The fraction of sp³-hybridized carbons (Fsp3) is 0.542. The molecular formula is C24H34N2O4. The van der Waals surface area contributed by atoms with Crippen molar-refractivity contribution in [1.82, 2.24) is 9.80 Å². The summed E-state index contributed by atoms with van der Waals surface area (Å²) in [7, 11) is 1.86. The molecule has 0 spiro atoms. The Bertz CT molecular complexity index is 747. The molecule has 30 heavy (non-hydrogen) atoms. The Kier molecular flexibility index (Phi) is 9.09. The summed E-state index contributed by atoms with van der Waals surface area (Å²) in [5.41, 5.74) is 0.884.